The molecule has 0 spiro atoms. The summed E-state index contributed by atoms with van der Waals surface area (Å²) in [5.41, 5.74) is -0.837. The van der Waals surface area contributed by atoms with Crippen molar-refractivity contribution in [3.8, 4) is 0 Å². The van der Waals surface area contributed by atoms with Crippen LogP contribution in [0.4, 0.5) is 28.6 Å². The van der Waals surface area contributed by atoms with E-state index < -0.39 is 41.7 Å². The first kappa shape index (κ1) is 30.3. The Labute approximate surface area is 234 Å². The number of thiol groups is 1. The molecule has 1 aromatic heterocycles. The van der Waals surface area contributed by atoms with Gasteiger partial charge in [-0.05, 0) is 30.0 Å². The molecule has 3 rings (SSSR count). The Hall–Kier alpha value is -3.22. The summed E-state index contributed by atoms with van der Waals surface area (Å²) in [6.07, 6.45) is -1.80. The number of likely N-dealkylation sites (N-methyl/N-ethyl adjacent to an activating group) is 1. The van der Waals surface area contributed by atoms with E-state index in [0.717, 1.165) is 10.8 Å². The molecule has 0 radical (unpaired) electrons. The van der Waals surface area contributed by atoms with E-state index in [0.29, 0.717) is 5.56 Å². The first-order chi connectivity index (χ1) is 18.5. The summed E-state index contributed by atoms with van der Waals surface area (Å²) in [4.78, 5) is 30.9. The molecule has 2 atom stereocenters. The maximum atomic E-state index is 13.7. The Morgan fingerprint density at radius 2 is 1.90 bits per heavy atom. The van der Waals surface area contributed by atoms with Crippen LogP contribution < -0.4 is 16.0 Å². The summed E-state index contributed by atoms with van der Waals surface area (Å²) in [7, 11) is 1.45. The first-order valence-electron chi connectivity index (χ1n) is 11.9. The molecule has 1 unspecified atom stereocenters. The van der Waals surface area contributed by atoms with Crippen LogP contribution in [0.2, 0.25) is 5.02 Å². The number of nitrogens with one attached hydrogen (secondary N) is 3. The van der Waals surface area contributed by atoms with Crippen molar-refractivity contribution in [3.05, 3.63) is 71.1 Å². The number of nitrogens with zero attached hydrogens (tertiary/aromatic N) is 2. The number of pyridine rings is 1. The molecular formula is C26H29ClF3N5O3S. The number of benzene rings is 2. The van der Waals surface area contributed by atoms with Crippen molar-refractivity contribution >= 4 is 52.9 Å². The number of rotatable bonds is 11. The SMILES string of the molecule is CN(C(=O)NCc1cccc(F)c1Cl)[C@](C)(CNCC(F)F)C(S)COC(=O)Nc1cc2ccccc2cn1. The maximum absolute atomic E-state index is 13.7. The van der Waals surface area contributed by atoms with E-state index in [1.807, 2.05) is 24.3 Å². The third-order valence-corrected chi connectivity index (χ3v) is 7.39. The lowest BCUT2D eigenvalue weighted by Gasteiger charge is -2.42. The van der Waals surface area contributed by atoms with Crippen molar-refractivity contribution < 1.29 is 27.5 Å². The van der Waals surface area contributed by atoms with Gasteiger partial charge >= 0.3 is 12.1 Å². The number of ether oxygens (including phenoxy) is 1. The molecule has 2 aromatic carbocycles. The molecule has 13 heteroatoms. The van der Waals surface area contributed by atoms with Gasteiger partial charge in [-0.1, -0.05) is 48.0 Å². The fourth-order valence-electron chi connectivity index (χ4n) is 3.73. The average Bonchev–Trinajstić information content (AvgIpc) is 2.91. The largest absolute Gasteiger partial charge is 0.448 e. The molecule has 210 valence electrons. The van der Waals surface area contributed by atoms with Gasteiger partial charge in [-0.3, -0.25) is 5.32 Å². The van der Waals surface area contributed by atoms with Crippen LogP contribution in [-0.4, -0.2) is 66.0 Å². The zero-order chi connectivity index (χ0) is 28.6. The monoisotopic (exact) mass is 583 g/mol. The third-order valence-electron chi connectivity index (χ3n) is 6.27. The molecule has 39 heavy (non-hydrogen) atoms. The van der Waals surface area contributed by atoms with Gasteiger partial charge in [-0.2, -0.15) is 12.6 Å². The number of amides is 3. The zero-order valence-corrected chi connectivity index (χ0v) is 22.9. The van der Waals surface area contributed by atoms with Gasteiger partial charge in [0.1, 0.15) is 18.2 Å². The highest BCUT2D eigenvalue weighted by Gasteiger charge is 2.39. The van der Waals surface area contributed by atoms with E-state index in [9.17, 15) is 22.8 Å². The summed E-state index contributed by atoms with van der Waals surface area (Å²) in [5.74, 6) is -0.342. The summed E-state index contributed by atoms with van der Waals surface area (Å²) in [6, 6.07) is 12.8. The van der Waals surface area contributed by atoms with Gasteiger partial charge in [0.15, 0.2) is 0 Å². The molecule has 3 aromatic rings. The Kier molecular flexibility index (Phi) is 10.7. The van der Waals surface area contributed by atoms with E-state index in [4.69, 9.17) is 16.3 Å². The van der Waals surface area contributed by atoms with Crippen LogP contribution in [0.5, 0.6) is 0 Å². The molecule has 8 nitrogen and oxygen atoms in total. The van der Waals surface area contributed by atoms with E-state index >= 15 is 0 Å². The Morgan fingerprint density at radius 3 is 2.62 bits per heavy atom. The molecule has 1 heterocycles. The minimum absolute atomic E-state index is 0.0742. The van der Waals surface area contributed by atoms with Gasteiger partial charge in [0.25, 0.3) is 6.43 Å². The van der Waals surface area contributed by atoms with Crippen LogP contribution in [-0.2, 0) is 11.3 Å². The number of carbonyl (C=O) groups excluding carboxylic acids is 2. The minimum Gasteiger partial charge on any atom is -0.448 e. The molecule has 0 saturated carbocycles. The topological polar surface area (TPSA) is 95.6 Å². The predicted octanol–water partition coefficient (Wildman–Crippen LogP) is 5.33. The van der Waals surface area contributed by atoms with E-state index in [2.05, 4.69) is 33.6 Å². The van der Waals surface area contributed by atoms with Gasteiger partial charge in [0, 0.05) is 31.7 Å². The molecule has 0 aliphatic rings. The van der Waals surface area contributed by atoms with Gasteiger partial charge in [-0.15, -0.1) is 0 Å². The van der Waals surface area contributed by atoms with Gasteiger partial charge in [0.2, 0.25) is 0 Å². The van der Waals surface area contributed by atoms with Crippen LogP contribution >= 0.6 is 24.2 Å². The van der Waals surface area contributed by atoms with Gasteiger partial charge < -0.3 is 20.3 Å². The highest BCUT2D eigenvalue weighted by molar-refractivity contribution is 7.81. The van der Waals surface area contributed by atoms with Crippen molar-refractivity contribution in [2.24, 2.45) is 0 Å². The second-order valence-electron chi connectivity index (χ2n) is 8.97. The van der Waals surface area contributed by atoms with Crippen LogP contribution in [0.25, 0.3) is 10.8 Å². The van der Waals surface area contributed by atoms with Crippen LogP contribution in [0.1, 0.15) is 12.5 Å². The lowest BCUT2D eigenvalue weighted by atomic mass is 9.95. The van der Waals surface area contributed by atoms with Crippen molar-refractivity contribution in [1.29, 1.82) is 0 Å². The standard InChI is InChI=1S/C26H29ClF3N5O3S/c1-26(15-31-13-21(29)30,35(2)24(36)33-12-18-8-5-9-19(28)23(18)27)20(39)14-38-25(37)34-22-10-16-6-3-4-7-17(16)11-32-22/h3-11,20-21,31,39H,12-15H2,1-2H3,(H,33,36)(H,32,34,37)/t20?,26-/m1/s1. The molecule has 0 saturated heterocycles. The molecule has 3 N–H and O–H groups in total. The molecule has 3 amide bonds. The first-order valence-corrected chi connectivity index (χ1v) is 12.8. The summed E-state index contributed by atoms with van der Waals surface area (Å²) in [6.45, 7) is 0.578. The van der Waals surface area contributed by atoms with Crippen molar-refractivity contribution in [3.63, 3.8) is 0 Å². The number of carbonyl (C=O) groups is 2. The van der Waals surface area contributed by atoms with Crippen molar-refractivity contribution in [2.45, 2.75) is 30.7 Å². The third kappa shape index (κ3) is 8.13. The van der Waals surface area contributed by atoms with E-state index in [1.165, 1.54) is 24.1 Å². The van der Waals surface area contributed by atoms with Gasteiger partial charge in [0.05, 0.1) is 22.4 Å². The van der Waals surface area contributed by atoms with E-state index in [1.54, 1.807) is 25.3 Å². The summed E-state index contributed by atoms with van der Waals surface area (Å²) >= 11 is 10.5. The fraction of sp³-hybridized carbons (Fsp3) is 0.346. The zero-order valence-electron chi connectivity index (χ0n) is 21.3. The number of alkyl halides is 2. The van der Waals surface area contributed by atoms with Crippen LogP contribution in [0.15, 0.2) is 54.7 Å². The van der Waals surface area contributed by atoms with Crippen molar-refractivity contribution in [1.82, 2.24) is 20.5 Å². The normalized spacial score (nSPS) is 13.5. The fourth-order valence-corrected chi connectivity index (χ4v) is 4.26. The summed E-state index contributed by atoms with van der Waals surface area (Å²) in [5, 5.41) is 8.66. The van der Waals surface area contributed by atoms with Crippen molar-refractivity contribution in [2.75, 3.05) is 32.1 Å². The van der Waals surface area contributed by atoms with Gasteiger partial charge in [-0.25, -0.2) is 27.7 Å². The maximum Gasteiger partial charge on any atom is 0.412 e. The molecule has 0 aliphatic heterocycles. The molecule has 0 aliphatic carbocycles. The van der Waals surface area contributed by atoms with E-state index in [-0.39, 0.29) is 30.5 Å². The number of halogens is 4. The number of aromatic nitrogens is 1. The predicted molar refractivity (Wildman–Crippen MR) is 148 cm³/mol. The highest BCUT2D eigenvalue weighted by Crippen LogP contribution is 2.24. The molecule has 0 bridgehead atoms. The quantitative estimate of drug-likeness (QED) is 0.229. The Bertz CT molecular complexity index is 1300. The molecular weight excluding hydrogens is 555 g/mol. The highest BCUT2D eigenvalue weighted by atomic mass is 35.5. The molecule has 0 fully saturated rings. The minimum atomic E-state index is -2.61. The number of urea groups is 1. The smallest absolute Gasteiger partial charge is 0.412 e. The number of anilines is 1. The van der Waals surface area contributed by atoms with Crippen LogP contribution in [0.3, 0.4) is 0 Å². The number of fused-ring (bicyclic) bond motifs is 1. The second kappa shape index (κ2) is 13.7. The second-order valence-corrected chi connectivity index (χ2v) is 9.97. The number of hydrogen-bond acceptors (Lipinski definition) is 6. The Morgan fingerprint density at radius 1 is 1.18 bits per heavy atom. The average molecular weight is 584 g/mol. The number of hydrogen-bond donors (Lipinski definition) is 4. The lowest BCUT2D eigenvalue weighted by Crippen LogP contribution is -2.62. The van der Waals surface area contributed by atoms with Crippen LogP contribution in [0, 0.1) is 5.82 Å². The summed E-state index contributed by atoms with van der Waals surface area (Å²) < 4.78 is 44.7. The Balaban J connectivity index is 1.65. The lowest BCUT2D eigenvalue weighted by molar-refractivity contribution is 0.100.